The van der Waals surface area contributed by atoms with Crippen LogP contribution >= 0.6 is 11.3 Å². The number of carboxylic acids is 1. The van der Waals surface area contributed by atoms with E-state index in [-0.39, 0.29) is 27.9 Å². The number of carbonyl (C=O) groups excluding carboxylic acids is 2. The molecule has 1 amide bonds. The van der Waals surface area contributed by atoms with E-state index in [1.54, 1.807) is 32.3 Å². The van der Waals surface area contributed by atoms with Gasteiger partial charge < -0.3 is 10.8 Å². The number of anilines is 1. The molecule has 4 rings (SSSR count). The van der Waals surface area contributed by atoms with Gasteiger partial charge in [0.2, 0.25) is 0 Å². The van der Waals surface area contributed by atoms with Crippen LogP contribution in [0.1, 0.15) is 48.4 Å². The summed E-state index contributed by atoms with van der Waals surface area (Å²) in [5.41, 5.74) is 13.3. The summed E-state index contributed by atoms with van der Waals surface area (Å²) in [6.45, 7) is 1.93. The van der Waals surface area contributed by atoms with Crippen LogP contribution in [0.5, 0.6) is 0 Å². The summed E-state index contributed by atoms with van der Waals surface area (Å²) in [6.07, 6.45) is 0.661. The van der Waals surface area contributed by atoms with Gasteiger partial charge in [-0.15, -0.1) is 11.3 Å². The second-order valence-corrected chi connectivity index (χ2v) is 7.94. The first-order valence-electron chi connectivity index (χ1n) is 9.45. The van der Waals surface area contributed by atoms with E-state index in [1.165, 1.54) is 11.3 Å². The number of hydrogen-bond donors (Lipinski definition) is 5. The number of aromatic nitrogens is 2. The topological polar surface area (TPSA) is 153 Å². The fourth-order valence-corrected chi connectivity index (χ4v) is 4.81. The number of hydrogen-bond acceptors (Lipinski definition) is 8. The summed E-state index contributed by atoms with van der Waals surface area (Å²) < 4.78 is 0. The number of aryl methyl sites for hydroxylation is 1. The predicted octanol–water partition coefficient (Wildman–Crippen LogP) is 1.90. The van der Waals surface area contributed by atoms with Gasteiger partial charge in [0.25, 0.3) is 5.91 Å². The van der Waals surface area contributed by atoms with Gasteiger partial charge in [-0.1, -0.05) is 6.92 Å². The van der Waals surface area contributed by atoms with Crippen molar-refractivity contribution in [3.63, 3.8) is 0 Å². The highest BCUT2D eigenvalue weighted by Gasteiger charge is 2.39. The molecule has 2 aromatic heterocycles. The summed E-state index contributed by atoms with van der Waals surface area (Å²) in [6, 6.07) is 4.80. The monoisotopic (exact) mass is 440 g/mol. The summed E-state index contributed by atoms with van der Waals surface area (Å²) in [7, 11) is 3.10. The van der Waals surface area contributed by atoms with Crippen LogP contribution in [-0.4, -0.2) is 52.2 Å². The maximum absolute atomic E-state index is 13.5. The number of nitrogen functional groups attached to an aromatic ring is 1. The van der Waals surface area contributed by atoms with Crippen LogP contribution in [0.15, 0.2) is 18.2 Å². The lowest BCUT2D eigenvalue weighted by atomic mass is 9.98. The highest BCUT2D eigenvalue weighted by atomic mass is 32.1. The molecule has 11 heteroatoms. The van der Waals surface area contributed by atoms with Crippen molar-refractivity contribution in [2.75, 3.05) is 19.8 Å². The van der Waals surface area contributed by atoms with Crippen LogP contribution in [0.4, 0.5) is 5.69 Å². The fourth-order valence-electron chi connectivity index (χ4n) is 3.72. The summed E-state index contributed by atoms with van der Waals surface area (Å²) >= 11 is 1.29. The Bertz CT molecular complexity index is 1240. The Kier molecular flexibility index (Phi) is 5.09. The minimum atomic E-state index is -1.09. The first-order valence-corrected chi connectivity index (χ1v) is 10.3. The van der Waals surface area contributed by atoms with Crippen LogP contribution in [0.2, 0.25) is 0 Å². The Balaban J connectivity index is 1.91. The Morgan fingerprint density at radius 2 is 1.97 bits per heavy atom. The Morgan fingerprint density at radius 3 is 2.58 bits per heavy atom. The minimum Gasteiger partial charge on any atom is -0.478 e. The van der Waals surface area contributed by atoms with Gasteiger partial charge in [-0.2, -0.15) is 5.10 Å². The number of aromatic amines is 1. The number of fused-ring (bicyclic) bond motifs is 3. The fraction of sp³-hybridized carbons (Fsp3) is 0.200. The van der Waals surface area contributed by atoms with Gasteiger partial charge in [-0.05, 0) is 24.6 Å². The summed E-state index contributed by atoms with van der Waals surface area (Å²) in [4.78, 5) is 39.6. The number of rotatable bonds is 6. The number of nitrogens with one attached hydrogen (secondary N) is 3. The maximum atomic E-state index is 13.5. The third-order valence-electron chi connectivity index (χ3n) is 5.17. The molecule has 31 heavy (non-hydrogen) atoms. The van der Waals surface area contributed by atoms with Crippen molar-refractivity contribution >= 4 is 34.7 Å². The second-order valence-electron chi connectivity index (χ2n) is 6.81. The molecule has 0 unspecified atom stereocenters. The molecule has 0 radical (unpaired) electrons. The smallest absolute Gasteiger partial charge is 0.337 e. The van der Waals surface area contributed by atoms with Crippen molar-refractivity contribution in [1.29, 1.82) is 0 Å². The molecule has 0 fully saturated rings. The standard InChI is InChI=1S/C20H20N6O4S/c1-4-8-7-10(20(29)30)18(31-8)16-14-15(24-25-16)9-5-6-11(21)13(12(9)17(14)27)19(28)26(22-2)23-3/h5-7,22-23H,4,21H2,1-3H3,(H,24,25)(H,29,30). The normalized spacial score (nSPS) is 12.0. The minimum absolute atomic E-state index is 0.0500. The number of ketones is 1. The molecule has 0 bridgehead atoms. The number of hydrazine groups is 2. The number of nitrogens with zero attached hydrogens (tertiary/aromatic N) is 2. The predicted molar refractivity (Wildman–Crippen MR) is 116 cm³/mol. The van der Waals surface area contributed by atoms with Crippen molar-refractivity contribution in [2.45, 2.75) is 13.3 Å². The van der Waals surface area contributed by atoms with E-state index in [1.807, 2.05) is 6.92 Å². The number of aromatic carboxylic acids is 1. The molecular formula is C20H20N6O4S. The van der Waals surface area contributed by atoms with Gasteiger partial charge in [0, 0.05) is 35.8 Å². The maximum Gasteiger partial charge on any atom is 0.337 e. The van der Waals surface area contributed by atoms with Gasteiger partial charge >= 0.3 is 5.97 Å². The average Bonchev–Trinajstić information content (AvgIpc) is 3.43. The zero-order chi connectivity index (χ0) is 22.4. The number of H-pyrrole nitrogens is 1. The highest BCUT2D eigenvalue weighted by Crippen LogP contribution is 2.45. The number of nitrogens with two attached hydrogens (primary N) is 1. The van der Waals surface area contributed by atoms with Crippen molar-refractivity contribution in [3.05, 3.63) is 45.3 Å². The lowest BCUT2D eigenvalue weighted by Crippen LogP contribution is -2.49. The van der Waals surface area contributed by atoms with Crippen LogP contribution in [0, 0.1) is 0 Å². The van der Waals surface area contributed by atoms with Gasteiger partial charge in [0.1, 0.15) is 5.69 Å². The molecule has 3 aromatic rings. The van der Waals surface area contributed by atoms with E-state index < -0.39 is 17.7 Å². The van der Waals surface area contributed by atoms with Crippen molar-refractivity contribution in [3.8, 4) is 21.8 Å². The summed E-state index contributed by atoms with van der Waals surface area (Å²) in [5.74, 6) is -2.05. The number of thiophene rings is 1. The molecule has 1 aliphatic rings. The second kappa shape index (κ2) is 7.61. The molecule has 0 spiro atoms. The molecule has 0 saturated heterocycles. The van der Waals surface area contributed by atoms with Gasteiger partial charge in [-0.3, -0.25) is 14.7 Å². The molecule has 160 valence electrons. The zero-order valence-corrected chi connectivity index (χ0v) is 17.8. The van der Waals surface area contributed by atoms with E-state index in [0.29, 0.717) is 28.2 Å². The molecule has 0 atom stereocenters. The van der Waals surface area contributed by atoms with Gasteiger partial charge in [0.05, 0.1) is 27.3 Å². The Morgan fingerprint density at radius 1 is 1.26 bits per heavy atom. The van der Waals surface area contributed by atoms with Crippen molar-refractivity contribution in [1.82, 2.24) is 26.2 Å². The van der Waals surface area contributed by atoms with Crippen LogP contribution < -0.4 is 16.6 Å². The largest absolute Gasteiger partial charge is 0.478 e. The number of benzene rings is 1. The van der Waals surface area contributed by atoms with Crippen molar-refractivity contribution < 1.29 is 19.5 Å². The Labute approximate surface area is 181 Å². The number of carbonyl (C=O) groups is 3. The van der Waals surface area contributed by atoms with Crippen molar-refractivity contribution in [2.24, 2.45) is 0 Å². The van der Waals surface area contributed by atoms with E-state index in [2.05, 4.69) is 21.0 Å². The third kappa shape index (κ3) is 3.02. The van der Waals surface area contributed by atoms with Gasteiger partial charge in [0.15, 0.2) is 5.78 Å². The molecule has 1 aliphatic carbocycles. The first kappa shape index (κ1) is 20.7. The molecule has 0 aliphatic heterocycles. The Hall–Kier alpha value is -3.54. The van der Waals surface area contributed by atoms with E-state index in [0.717, 1.165) is 10.00 Å². The number of amides is 1. The lowest BCUT2D eigenvalue weighted by molar-refractivity contribution is 0.0575. The van der Waals surface area contributed by atoms with E-state index >= 15 is 0 Å². The van der Waals surface area contributed by atoms with E-state index in [4.69, 9.17) is 5.73 Å². The quantitative estimate of drug-likeness (QED) is 0.225. The molecule has 0 saturated carbocycles. The first-order chi connectivity index (χ1) is 14.8. The molecule has 6 N–H and O–H groups in total. The average molecular weight is 440 g/mol. The lowest BCUT2D eigenvalue weighted by Gasteiger charge is -2.21. The van der Waals surface area contributed by atoms with E-state index in [9.17, 15) is 19.5 Å². The molecular weight excluding hydrogens is 420 g/mol. The summed E-state index contributed by atoms with van der Waals surface area (Å²) in [5, 5.41) is 17.9. The molecule has 2 heterocycles. The SMILES string of the molecule is CCc1cc(C(=O)O)c(-c2[nH]nc3c2C(=O)c2c-3ccc(N)c2C(=O)N(NC)NC)s1. The van der Waals surface area contributed by atoms with Crippen LogP contribution in [-0.2, 0) is 6.42 Å². The zero-order valence-electron chi connectivity index (χ0n) is 17.0. The molecule has 10 nitrogen and oxygen atoms in total. The number of carboxylic acid groups (broad SMARTS) is 1. The van der Waals surface area contributed by atoms with Gasteiger partial charge in [-0.25, -0.2) is 20.8 Å². The third-order valence-corrected chi connectivity index (χ3v) is 6.46. The van der Waals surface area contributed by atoms with Crippen LogP contribution in [0.3, 0.4) is 0 Å². The van der Waals surface area contributed by atoms with Crippen LogP contribution in [0.25, 0.3) is 21.8 Å². The molecule has 1 aromatic carbocycles. The highest BCUT2D eigenvalue weighted by molar-refractivity contribution is 7.16.